The summed E-state index contributed by atoms with van der Waals surface area (Å²) in [7, 11) is 0. The van der Waals surface area contributed by atoms with E-state index in [1.54, 1.807) is 6.07 Å². The maximum Gasteiger partial charge on any atom is 0.229 e. The molecule has 6 heteroatoms. The molecule has 2 amide bonds. The minimum absolute atomic E-state index is 0.118. The molecule has 0 radical (unpaired) electrons. The summed E-state index contributed by atoms with van der Waals surface area (Å²) in [4.78, 5) is 26.2. The number of nitrogens with one attached hydrogen (secondary N) is 1. The second-order valence-corrected chi connectivity index (χ2v) is 6.21. The predicted octanol–water partition coefficient (Wildman–Crippen LogP) is 3.78. The molecule has 2 aromatic carbocycles. The zero-order chi connectivity index (χ0) is 17.3. The molecule has 1 atom stereocenters. The van der Waals surface area contributed by atoms with Gasteiger partial charge in [-0.05, 0) is 42.8 Å². The van der Waals surface area contributed by atoms with Crippen molar-refractivity contribution in [2.24, 2.45) is 5.92 Å². The van der Waals surface area contributed by atoms with Crippen molar-refractivity contribution in [3.05, 3.63) is 58.9 Å². The summed E-state index contributed by atoms with van der Waals surface area (Å²) >= 11 is 6.12. The Hall–Kier alpha value is -2.40. The van der Waals surface area contributed by atoms with E-state index in [-0.39, 0.29) is 30.6 Å². The highest BCUT2D eigenvalue weighted by Crippen LogP contribution is 2.29. The fourth-order valence-corrected chi connectivity index (χ4v) is 3.04. The fraction of sp³-hybridized carbons (Fsp3) is 0.222. The lowest BCUT2D eigenvalue weighted by Gasteiger charge is -2.17. The van der Waals surface area contributed by atoms with Crippen LogP contribution in [0, 0.1) is 18.7 Å². The Kier molecular flexibility index (Phi) is 4.53. The summed E-state index contributed by atoms with van der Waals surface area (Å²) in [5, 5.41) is 3.27. The molecule has 0 spiro atoms. The Balaban J connectivity index is 1.73. The first-order valence-corrected chi connectivity index (χ1v) is 7.95. The SMILES string of the molecule is Cc1cccc(Cl)c1NC(=O)C1CC(=O)N(c2ccc(F)cc2)C1. The van der Waals surface area contributed by atoms with E-state index < -0.39 is 5.92 Å². The van der Waals surface area contributed by atoms with Gasteiger partial charge in [0.1, 0.15) is 5.82 Å². The highest BCUT2D eigenvalue weighted by molar-refractivity contribution is 6.34. The third-order valence-corrected chi connectivity index (χ3v) is 4.42. The minimum atomic E-state index is -0.474. The van der Waals surface area contributed by atoms with Gasteiger partial charge in [0.2, 0.25) is 11.8 Å². The molecule has 0 saturated carbocycles. The van der Waals surface area contributed by atoms with Gasteiger partial charge in [0, 0.05) is 18.7 Å². The fourth-order valence-electron chi connectivity index (χ4n) is 2.77. The van der Waals surface area contributed by atoms with Crippen LogP contribution in [0.15, 0.2) is 42.5 Å². The van der Waals surface area contributed by atoms with Gasteiger partial charge in [0.05, 0.1) is 16.6 Å². The van der Waals surface area contributed by atoms with Crippen LogP contribution >= 0.6 is 11.6 Å². The minimum Gasteiger partial charge on any atom is -0.324 e. The zero-order valence-electron chi connectivity index (χ0n) is 13.1. The van der Waals surface area contributed by atoms with Crippen molar-refractivity contribution in [2.75, 3.05) is 16.8 Å². The number of aryl methyl sites for hydroxylation is 1. The predicted molar refractivity (Wildman–Crippen MR) is 91.7 cm³/mol. The number of nitrogens with zero attached hydrogens (tertiary/aromatic N) is 1. The molecule has 124 valence electrons. The Morgan fingerprint density at radius 2 is 1.96 bits per heavy atom. The summed E-state index contributed by atoms with van der Waals surface area (Å²) in [6, 6.07) is 11.0. The first-order valence-electron chi connectivity index (χ1n) is 7.57. The molecule has 0 bridgehead atoms. The van der Waals surface area contributed by atoms with Gasteiger partial charge in [-0.15, -0.1) is 0 Å². The second-order valence-electron chi connectivity index (χ2n) is 5.80. The number of hydrogen-bond acceptors (Lipinski definition) is 2. The summed E-state index contributed by atoms with van der Waals surface area (Å²) in [5.74, 6) is -1.24. The average molecular weight is 347 g/mol. The Labute approximate surface area is 144 Å². The van der Waals surface area contributed by atoms with E-state index in [0.29, 0.717) is 16.4 Å². The molecule has 1 heterocycles. The number of benzene rings is 2. The van der Waals surface area contributed by atoms with Crippen molar-refractivity contribution in [1.82, 2.24) is 0 Å². The number of hydrogen-bond donors (Lipinski definition) is 1. The first-order chi connectivity index (χ1) is 11.5. The molecule has 4 nitrogen and oxygen atoms in total. The van der Waals surface area contributed by atoms with Gasteiger partial charge in [-0.3, -0.25) is 9.59 Å². The van der Waals surface area contributed by atoms with E-state index in [2.05, 4.69) is 5.32 Å². The topological polar surface area (TPSA) is 49.4 Å². The molecule has 24 heavy (non-hydrogen) atoms. The van der Waals surface area contributed by atoms with Crippen LogP contribution in [-0.2, 0) is 9.59 Å². The molecule has 1 N–H and O–H groups in total. The monoisotopic (exact) mass is 346 g/mol. The van der Waals surface area contributed by atoms with Crippen molar-refractivity contribution in [1.29, 1.82) is 0 Å². The van der Waals surface area contributed by atoms with Crippen molar-refractivity contribution in [3.63, 3.8) is 0 Å². The first kappa shape index (κ1) is 16.5. The molecule has 0 aromatic heterocycles. The summed E-state index contributed by atoms with van der Waals surface area (Å²) < 4.78 is 13.0. The van der Waals surface area contributed by atoms with E-state index in [1.165, 1.54) is 29.2 Å². The van der Waals surface area contributed by atoms with Crippen LogP contribution in [0.1, 0.15) is 12.0 Å². The van der Waals surface area contributed by atoms with Crippen LogP contribution in [0.2, 0.25) is 5.02 Å². The lowest BCUT2D eigenvalue weighted by molar-refractivity contribution is -0.122. The molecule has 1 unspecified atom stereocenters. The van der Waals surface area contributed by atoms with Crippen LogP contribution in [0.3, 0.4) is 0 Å². The van der Waals surface area contributed by atoms with Crippen LogP contribution in [0.4, 0.5) is 15.8 Å². The Morgan fingerprint density at radius 1 is 1.25 bits per heavy atom. The van der Waals surface area contributed by atoms with Crippen molar-refractivity contribution in [2.45, 2.75) is 13.3 Å². The highest BCUT2D eigenvalue weighted by atomic mass is 35.5. The summed E-state index contributed by atoms with van der Waals surface area (Å²) in [5.41, 5.74) is 2.01. The standard InChI is InChI=1S/C18H16ClFN2O2/c1-11-3-2-4-15(19)17(11)21-18(24)12-9-16(23)22(10-12)14-7-5-13(20)6-8-14/h2-8,12H,9-10H2,1H3,(H,21,24). The molecule has 2 aromatic rings. The number of carbonyl (C=O) groups is 2. The van der Waals surface area contributed by atoms with E-state index in [1.807, 2.05) is 19.1 Å². The maximum atomic E-state index is 13.0. The van der Waals surface area contributed by atoms with E-state index in [0.717, 1.165) is 5.56 Å². The van der Waals surface area contributed by atoms with Crippen molar-refractivity contribution in [3.8, 4) is 0 Å². The number of anilines is 2. The highest BCUT2D eigenvalue weighted by Gasteiger charge is 2.35. The number of amides is 2. The van der Waals surface area contributed by atoms with Crippen LogP contribution in [0.25, 0.3) is 0 Å². The second kappa shape index (κ2) is 6.61. The molecule has 0 aliphatic carbocycles. The Bertz CT molecular complexity index is 772. The third kappa shape index (κ3) is 3.26. The van der Waals surface area contributed by atoms with Crippen molar-refractivity contribution < 1.29 is 14.0 Å². The van der Waals surface area contributed by atoms with Crippen LogP contribution in [-0.4, -0.2) is 18.4 Å². The summed E-state index contributed by atoms with van der Waals surface area (Å²) in [6.07, 6.45) is 0.118. The van der Waals surface area contributed by atoms with E-state index in [9.17, 15) is 14.0 Å². The molecular weight excluding hydrogens is 331 g/mol. The third-order valence-electron chi connectivity index (χ3n) is 4.10. The van der Waals surface area contributed by atoms with Crippen LogP contribution in [0.5, 0.6) is 0 Å². The van der Waals surface area contributed by atoms with E-state index >= 15 is 0 Å². The number of rotatable bonds is 3. The average Bonchev–Trinajstić information content (AvgIpc) is 2.94. The molecular formula is C18H16ClFN2O2. The smallest absolute Gasteiger partial charge is 0.229 e. The van der Waals surface area contributed by atoms with Crippen molar-refractivity contribution >= 4 is 34.8 Å². The van der Waals surface area contributed by atoms with E-state index in [4.69, 9.17) is 11.6 Å². The maximum absolute atomic E-state index is 13.0. The zero-order valence-corrected chi connectivity index (χ0v) is 13.8. The molecule has 1 aliphatic heterocycles. The van der Waals surface area contributed by atoms with Gasteiger partial charge < -0.3 is 10.2 Å². The largest absolute Gasteiger partial charge is 0.324 e. The van der Waals surface area contributed by atoms with Gasteiger partial charge in [-0.1, -0.05) is 23.7 Å². The lowest BCUT2D eigenvalue weighted by atomic mass is 10.1. The number of halogens is 2. The normalized spacial score (nSPS) is 17.2. The lowest BCUT2D eigenvalue weighted by Crippen LogP contribution is -2.28. The number of carbonyl (C=O) groups excluding carboxylic acids is 2. The molecule has 1 aliphatic rings. The van der Waals surface area contributed by atoms with Gasteiger partial charge in [0.25, 0.3) is 0 Å². The molecule has 1 fully saturated rings. The van der Waals surface area contributed by atoms with Gasteiger partial charge >= 0.3 is 0 Å². The van der Waals surface area contributed by atoms with Gasteiger partial charge in [-0.25, -0.2) is 4.39 Å². The quantitative estimate of drug-likeness (QED) is 0.919. The summed E-state index contributed by atoms with van der Waals surface area (Å²) in [6.45, 7) is 2.12. The molecule has 3 rings (SSSR count). The number of para-hydroxylation sites is 1. The molecule has 1 saturated heterocycles. The van der Waals surface area contributed by atoms with Gasteiger partial charge in [-0.2, -0.15) is 0 Å². The van der Waals surface area contributed by atoms with Gasteiger partial charge in [0.15, 0.2) is 0 Å². The Morgan fingerprint density at radius 3 is 2.62 bits per heavy atom. The van der Waals surface area contributed by atoms with Crippen LogP contribution < -0.4 is 10.2 Å².